The first-order valence-electron chi connectivity index (χ1n) is 6.53. The molecule has 3 heteroatoms. The summed E-state index contributed by atoms with van der Waals surface area (Å²) in [6.45, 7) is 11.8. The fourth-order valence-electron chi connectivity index (χ4n) is 1.89. The number of hydrogen-bond donors (Lipinski definition) is 1. The van der Waals surface area contributed by atoms with Gasteiger partial charge in [-0.3, -0.25) is 0 Å². The van der Waals surface area contributed by atoms with Crippen molar-refractivity contribution in [1.29, 1.82) is 0 Å². The molecular formula is C13H28O2Si. The molecule has 0 saturated heterocycles. The summed E-state index contributed by atoms with van der Waals surface area (Å²) in [5.74, 6) is 0. The van der Waals surface area contributed by atoms with Crippen LogP contribution in [0.15, 0.2) is 0 Å². The number of hydrogen-bond acceptors (Lipinski definition) is 2. The fraction of sp³-hybridized carbons (Fsp3) is 1.00. The van der Waals surface area contributed by atoms with E-state index >= 15 is 0 Å². The molecule has 96 valence electrons. The number of rotatable bonds is 3. The van der Waals surface area contributed by atoms with Crippen molar-refractivity contribution >= 4 is 8.32 Å². The Morgan fingerprint density at radius 2 is 1.62 bits per heavy atom. The highest BCUT2D eigenvalue weighted by Crippen LogP contribution is 2.38. The van der Waals surface area contributed by atoms with Crippen molar-refractivity contribution in [1.82, 2.24) is 0 Å². The van der Waals surface area contributed by atoms with Crippen LogP contribution >= 0.6 is 0 Å². The Morgan fingerprint density at radius 1 is 1.12 bits per heavy atom. The highest BCUT2D eigenvalue weighted by Gasteiger charge is 2.40. The Labute approximate surface area is 102 Å². The molecule has 1 N–H and O–H groups in total. The Hall–Kier alpha value is 0.137. The van der Waals surface area contributed by atoms with Gasteiger partial charge in [-0.1, -0.05) is 40.0 Å². The Kier molecular flexibility index (Phi) is 4.25. The van der Waals surface area contributed by atoms with Gasteiger partial charge in [0.25, 0.3) is 0 Å². The van der Waals surface area contributed by atoms with E-state index in [0.29, 0.717) is 6.61 Å². The van der Waals surface area contributed by atoms with E-state index in [9.17, 15) is 5.11 Å². The summed E-state index contributed by atoms with van der Waals surface area (Å²) < 4.78 is 6.13. The average Bonchev–Trinajstić information content (AvgIpc) is 2.15. The van der Waals surface area contributed by atoms with Gasteiger partial charge in [-0.05, 0) is 31.0 Å². The molecule has 0 radical (unpaired) electrons. The molecule has 0 spiro atoms. The fourth-order valence-corrected chi connectivity index (χ4v) is 2.95. The molecule has 16 heavy (non-hydrogen) atoms. The predicted molar refractivity (Wildman–Crippen MR) is 71.2 cm³/mol. The molecule has 0 aromatic rings. The topological polar surface area (TPSA) is 29.5 Å². The Morgan fingerprint density at radius 3 is 2.06 bits per heavy atom. The maximum atomic E-state index is 10.4. The van der Waals surface area contributed by atoms with Crippen LogP contribution in [0.25, 0.3) is 0 Å². The van der Waals surface area contributed by atoms with E-state index in [1.807, 2.05) is 0 Å². The van der Waals surface area contributed by atoms with Gasteiger partial charge in [0.05, 0.1) is 12.2 Å². The van der Waals surface area contributed by atoms with Gasteiger partial charge < -0.3 is 9.53 Å². The maximum absolute atomic E-state index is 10.4. The summed E-state index contributed by atoms with van der Waals surface area (Å²) in [5, 5.41) is 10.6. The minimum absolute atomic E-state index is 0.234. The first kappa shape index (κ1) is 14.2. The SMILES string of the molecule is CC(C)(C)[Si](C)(C)OCC1(O)CCCCC1. The van der Waals surface area contributed by atoms with Gasteiger partial charge >= 0.3 is 0 Å². The van der Waals surface area contributed by atoms with E-state index in [-0.39, 0.29) is 5.04 Å². The van der Waals surface area contributed by atoms with E-state index in [1.54, 1.807) is 0 Å². The molecule has 0 aromatic heterocycles. The predicted octanol–water partition coefficient (Wildman–Crippen LogP) is 3.70. The summed E-state index contributed by atoms with van der Waals surface area (Å²) in [5.41, 5.74) is -0.534. The Bertz CT molecular complexity index is 225. The lowest BCUT2D eigenvalue weighted by atomic mass is 9.86. The summed E-state index contributed by atoms with van der Waals surface area (Å²) in [6, 6.07) is 0. The van der Waals surface area contributed by atoms with Gasteiger partial charge in [0, 0.05) is 0 Å². The van der Waals surface area contributed by atoms with Gasteiger partial charge in [0.2, 0.25) is 0 Å². The third-order valence-corrected chi connectivity index (χ3v) is 8.77. The van der Waals surface area contributed by atoms with E-state index in [0.717, 1.165) is 25.7 Å². The van der Waals surface area contributed by atoms with Crippen LogP contribution in [0, 0.1) is 0 Å². The van der Waals surface area contributed by atoms with Gasteiger partial charge in [-0.2, -0.15) is 0 Å². The lowest BCUT2D eigenvalue weighted by molar-refractivity contribution is -0.0377. The summed E-state index contributed by atoms with van der Waals surface area (Å²) >= 11 is 0. The molecule has 1 fully saturated rings. The van der Waals surface area contributed by atoms with E-state index in [1.165, 1.54) is 6.42 Å². The first-order valence-corrected chi connectivity index (χ1v) is 9.44. The maximum Gasteiger partial charge on any atom is 0.192 e. The normalized spacial score (nSPS) is 22.1. The van der Waals surface area contributed by atoms with Gasteiger partial charge in [-0.15, -0.1) is 0 Å². The number of aliphatic hydroxyl groups is 1. The van der Waals surface area contributed by atoms with Crippen molar-refractivity contribution in [2.24, 2.45) is 0 Å². The summed E-state index contributed by atoms with van der Waals surface area (Å²) in [6.07, 6.45) is 5.40. The van der Waals surface area contributed by atoms with Crippen molar-refractivity contribution in [3.63, 3.8) is 0 Å². The molecule has 1 saturated carbocycles. The molecule has 1 rings (SSSR count). The van der Waals surface area contributed by atoms with Crippen molar-refractivity contribution in [2.75, 3.05) is 6.61 Å². The van der Waals surface area contributed by atoms with Crippen LogP contribution in [-0.4, -0.2) is 25.6 Å². The molecule has 0 unspecified atom stereocenters. The van der Waals surface area contributed by atoms with Gasteiger partial charge in [-0.25, -0.2) is 0 Å². The second-order valence-electron chi connectivity index (χ2n) is 6.83. The largest absolute Gasteiger partial charge is 0.414 e. The van der Waals surface area contributed by atoms with Crippen LogP contribution in [0.4, 0.5) is 0 Å². The van der Waals surface area contributed by atoms with Crippen LogP contribution in [0.2, 0.25) is 18.1 Å². The zero-order chi connectivity index (χ0) is 12.4. The van der Waals surface area contributed by atoms with Gasteiger partial charge in [0.15, 0.2) is 8.32 Å². The summed E-state index contributed by atoms with van der Waals surface area (Å²) in [4.78, 5) is 0. The molecule has 0 amide bonds. The highest BCUT2D eigenvalue weighted by molar-refractivity contribution is 6.74. The standard InChI is InChI=1S/C13H28O2Si/c1-12(2,3)16(4,5)15-11-13(14)9-7-6-8-10-13/h14H,6-11H2,1-5H3. The van der Waals surface area contributed by atoms with Crippen LogP contribution in [-0.2, 0) is 4.43 Å². The molecule has 0 bridgehead atoms. The van der Waals surface area contributed by atoms with Crippen molar-refractivity contribution in [3.05, 3.63) is 0 Å². The van der Waals surface area contributed by atoms with E-state index in [4.69, 9.17) is 4.43 Å². The quantitative estimate of drug-likeness (QED) is 0.767. The molecule has 1 aliphatic rings. The minimum atomic E-state index is -1.70. The van der Waals surface area contributed by atoms with Crippen LogP contribution in [0.5, 0.6) is 0 Å². The molecule has 0 aliphatic heterocycles. The van der Waals surface area contributed by atoms with Crippen LogP contribution in [0.1, 0.15) is 52.9 Å². The van der Waals surface area contributed by atoms with E-state index in [2.05, 4.69) is 33.9 Å². The van der Waals surface area contributed by atoms with E-state index < -0.39 is 13.9 Å². The third kappa shape index (κ3) is 3.57. The lowest BCUT2D eigenvalue weighted by Crippen LogP contribution is -2.46. The zero-order valence-electron chi connectivity index (χ0n) is 11.6. The molecule has 2 nitrogen and oxygen atoms in total. The monoisotopic (exact) mass is 244 g/mol. The smallest absolute Gasteiger partial charge is 0.192 e. The minimum Gasteiger partial charge on any atom is -0.414 e. The molecule has 0 heterocycles. The van der Waals surface area contributed by atoms with Gasteiger partial charge in [0.1, 0.15) is 0 Å². The Balaban J connectivity index is 2.50. The highest BCUT2D eigenvalue weighted by atomic mass is 28.4. The van der Waals surface area contributed by atoms with Crippen molar-refractivity contribution in [3.8, 4) is 0 Å². The second kappa shape index (κ2) is 4.79. The first-order chi connectivity index (χ1) is 7.16. The molecule has 0 atom stereocenters. The average molecular weight is 244 g/mol. The van der Waals surface area contributed by atoms with Crippen molar-refractivity contribution < 1.29 is 9.53 Å². The third-order valence-electron chi connectivity index (χ3n) is 4.29. The molecular weight excluding hydrogens is 216 g/mol. The zero-order valence-corrected chi connectivity index (χ0v) is 12.6. The molecule has 1 aliphatic carbocycles. The molecule has 0 aromatic carbocycles. The van der Waals surface area contributed by atoms with Crippen LogP contribution < -0.4 is 0 Å². The van der Waals surface area contributed by atoms with Crippen LogP contribution in [0.3, 0.4) is 0 Å². The second-order valence-corrected chi connectivity index (χ2v) is 11.6. The summed E-state index contributed by atoms with van der Waals surface area (Å²) in [7, 11) is -1.70. The lowest BCUT2D eigenvalue weighted by Gasteiger charge is -2.40. The van der Waals surface area contributed by atoms with Crippen molar-refractivity contribution in [2.45, 2.75) is 76.6 Å².